The Kier molecular flexibility index (Phi) is 2.68. The third kappa shape index (κ3) is 2.24. The zero-order chi connectivity index (χ0) is 8.36. The highest BCUT2D eigenvalue weighted by Crippen LogP contribution is 2.26. The van der Waals surface area contributed by atoms with Gasteiger partial charge in [0.05, 0.1) is 7.11 Å². The highest BCUT2D eigenvalue weighted by Gasteiger charge is 2.41. The van der Waals surface area contributed by atoms with Crippen molar-refractivity contribution in [2.24, 2.45) is 5.92 Å². The van der Waals surface area contributed by atoms with Crippen LogP contribution in [0.25, 0.3) is 0 Å². The van der Waals surface area contributed by atoms with Crippen molar-refractivity contribution in [1.82, 2.24) is 0 Å². The third-order valence-electron chi connectivity index (χ3n) is 1.05. The summed E-state index contributed by atoms with van der Waals surface area (Å²) in [7, 11) is 0.921. The van der Waals surface area contributed by atoms with E-state index in [0.29, 0.717) is 0 Å². The molecule has 0 fully saturated rings. The number of carbonyl (C=O) groups excluding carboxylic acids is 1. The van der Waals surface area contributed by atoms with Crippen LogP contribution in [0, 0.1) is 5.92 Å². The van der Waals surface area contributed by atoms with Crippen LogP contribution in [0.15, 0.2) is 0 Å². The molecule has 10 heavy (non-hydrogen) atoms. The first-order valence-electron chi connectivity index (χ1n) is 2.54. The van der Waals surface area contributed by atoms with E-state index in [4.69, 9.17) is 0 Å². The molecule has 1 atom stereocenters. The van der Waals surface area contributed by atoms with Gasteiger partial charge in [0.25, 0.3) is 0 Å². The summed E-state index contributed by atoms with van der Waals surface area (Å²) in [4.78, 5) is 10.2. The summed E-state index contributed by atoms with van der Waals surface area (Å²) < 4.78 is 38.6. The summed E-state index contributed by atoms with van der Waals surface area (Å²) in [6.45, 7) is 0.756. The molecule has 0 aromatic carbocycles. The van der Waals surface area contributed by atoms with Gasteiger partial charge in [-0.2, -0.15) is 13.2 Å². The number of esters is 1. The first kappa shape index (κ1) is 9.26. The van der Waals surface area contributed by atoms with Crippen LogP contribution in [0.3, 0.4) is 0 Å². The van der Waals surface area contributed by atoms with E-state index in [-0.39, 0.29) is 0 Å². The largest absolute Gasteiger partial charge is 0.469 e. The van der Waals surface area contributed by atoms with Gasteiger partial charge in [0.1, 0.15) is 5.92 Å². The van der Waals surface area contributed by atoms with E-state index in [0.717, 1.165) is 14.0 Å². The van der Waals surface area contributed by atoms with Gasteiger partial charge in [0, 0.05) is 0 Å². The van der Waals surface area contributed by atoms with Gasteiger partial charge in [-0.15, -0.1) is 0 Å². The van der Waals surface area contributed by atoms with Gasteiger partial charge in [-0.3, -0.25) is 4.79 Å². The molecule has 5 heteroatoms. The molecule has 0 saturated heterocycles. The maximum absolute atomic E-state index is 11.6. The minimum atomic E-state index is -4.49. The van der Waals surface area contributed by atoms with Gasteiger partial charge in [0.2, 0.25) is 0 Å². The molecule has 0 heterocycles. The van der Waals surface area contributed by atoms with Gasteiger partial charge < -0.3 is 4.74 Å². The fourth-order valence-corrected chi connectivity index (χ4v) is 0.310. The predicted molar refractivity (Wildman–Crippen MR) is 27.2 cm³/mol. The van der Waals surface area contributed by atoms with Crippen molar-refractivity contribution in [1.29, 1.82) is 0 Å². The number of rotatable bonds is 1. The van der Waals surface area contributed by atoms with Gasteiger partial charge in [-0.25, -0.2) is 0 Å². The van der Waals surface area contributed by atoms with Crippen LogP contribution in [0.1, 0.15) is 6.92 Å². The maximum atomic E-state index is 11.6. The molecule has 0 unspecified atom stereocenters. The molecule has 0 N–H and O–H groups in total. The Labute approximate surface area is 56.0 Å². The highest BCUT2D eigenvalue weighted by molar-refractivity contribution is 5.72. The Morgan fingerprint density at radius 1 is 1.50 bits per heavy atom. The zero-order valence-electron chi connectivity index (χ0n) is 5.53. The average Bonchev–Trinajstić information content (AvgIpc) is 1.83. The summed E-state index contributed by atoms with van der Waals surface area (Å²) in [5.41, 5.74) is 0. The Morgan fingerprint density at radius 3 is 2.00 bits per heavy atom. The van der Waals surface area contributed by atoms with Crippen LogP contribution in [0.2, 0.25) is 0 Å². The van der Waals surface area contributed by atoms with E-state index < -0.39 is 18.1 Å². The lowest BCUT2D eigenvalue weighted by atomic mass is 10.2. The summed E-state index contributed by atoms with van der Waals surface area (Å²) in [6, 6.07) is 0. The molecule has 0 aromatic heterocycles. The van der Waals surface area contributed by atoms with Crippen molar-refractivity contribution in [3.63, 3.8) is 0 Å². The molecule has 0 saturated carbocycles. The molecule has 2 nitrogen and oxygen atoms in total. The van der Waals surface area contributed by atoms with Crippen molar-refractivity contribution in [2.45, 2.75) is 13.1 Å². The van der Waals surface area contributed by atoms with E-state index in [9.17, 15) is 18.0 Å². The fourth-order valence-electron chi connectivity index (χ4n) is 0.310. The Morgan fingerprint density at radius 2 is 1.90 bits per heavy atom. The van der Waals surface area contributed by atoms with Crippen LogP contribution < -0.4 is 0 Å². The minimum Gasteiger partial charge on any atom is -0.469 e. The van der Waals surface area contributed by atoms with Gasteiger partial charge in [-0.05, 0) is 6.92 Å². The molecule has 0 radical (unpaired) electrons. The standard InChI is InChI=1S/C5H7F3O2/c1-3(4(9)10-2)5(6,7)8/h3H,1-2H3/t3-/m1/s1. The number of hydrogen-bond acceptors (Lipinski definition) is 2. The van der Waals surface area contributed by atoms with E-state index in [1.807, 2.05) is 0 Å². The Balaban J connectivity index is 4.08. The van der Waals surface area contributed by atoms with Crippen LogP contribution in [-0.2, 0) is 9.53 Å². The predicted octanol–water partition coefficient (Wildman–Crippen LogP) is 1.36. The first-order chi connectivity index (χ1) is 4.39. The quantitative estimate of drug-likeness (QED) is 0.536. The number of halogens is 3. The van der Waals surface area contributed by atoms with Crippen LogP contribution in [0.5, 0.6) is 0 Å². The molecule has 0 rings (SSSR count). The van der Waals surface area contributed by atoms with Crippen molar-refractivity contribution < 1.29 is 22.7 Å². The lowest BCUT2D eigenvalue weighted by Crippen LogP contribution is -2.28. The molecule has 0 aliphatic heterocycles. The lowest BCUT2D eigenvalue weighted by Gasteiger charge is -2.11. The summed E-state index contributed by atoms with van der Waals surface area (Å²) in [5, 5.41) is 0. The van der Waals surface area contributed by atoms with Crippen molar-refractivity contribution >= 4 is 5.97 Å². The van der Waals surface area contributed by atoms with Gasteiger partial charge in [-0.1, -0.05) is 0 Å². The second kappa shape index (κ2) is 2.90. The Hall–Kier alpha value is -0.740. The van der Waals surface area contributed by atoms with Crippen molar-refractivity contribution in [3.8, 4) is 0 Å². The molecule has 0 spiro atoms. The number of alkyl halides is 3. The molecule has 0 bridgehead atoms. The van der Waals surface area contributed by atoms with Gasteiger partial charge in [0.15, 0.2) is 0 Å². The monoisotopic (exact) mass is 156 g/mol. The Bertz CT molecular complexity index is 129. The van der Waals surface area contributed by atoms with E-state index in [1.165, 1.54) is 0 Å². The number of methoxy groups -OCH3 is 1. The van der Waals surface area contributed by atoms with E-state index >= 15 is 0 Å². The van der Waals surface area contributed by atoms with Crippen LogP contribution >= 0.6 is 0 Å². The third-order valence-corrected chi connectivity index (χ3v) is 1.05. The fraction of sp³-hybridized carbons (Fsp3) is 0.800. The van der Waals surface area contributed by atoms with Crippen molar-refractivity contribution in [3.05, 3.63) is 0 Å². The summed E-state index contributed by atoms with van der Waals surface area (Å²) in [6.07, 6.45) is -4.49. The molecule has 0 aromatic rings. The van der Waals surface area contributed by atoms with Crippen LogP contribution in [0.4, 0.5) is 13.2 Å². The SMILES string of the molecule is COC(=O)[C@@H](C)C(F)(F)F. The summed E-state index contributed by atoms with van der Waals surface area (Å²) in [5.74, 6) is -3.29. The van der Waals surface area contributed by atoms with E-state index in [1.54, 1.807) is 0 Å². The number of ether oxygens (including phenoxy) is 1. The average molecular weight is 156 g/mol. The normalized spacial score (nSPS) is 14.5. The van der Waals surface area contributed by atoms with Crippen molar-refractivity contribution in [2.75, 3.05) is 7.11 Å². The second-order valence-electron chi connectivity index (χ2n) is 1.79. The molecular formula is C5H7F3O2. The van der Waals surface area contributed by atoms with E-state index in [2.05, 4.69) is 4.74 Å². The smallest absolute Gasteiger partial charge is 0.401 e. The second-order valence-corrected chi connectivity index (χ2v) is 1.79. The summed E-state index contributed by atoms with van der Waals surface area (Å²) >= 11 is 0. The topological polar surface area (TPSA) is 26.3 Å². The van der Waals surface area contributed by atoms with Gasteiger partial charge >= 0.3 is 12.1 Å². The van der Waals surface area contributed by atoms with Crippen LogP contribution in [-0.4, -0.2) is 19.3 Å². The highest BCUT2D eigenvalue weighted by atomic mass is 19.4. The molecule has 60 valence electrons. The minimum absolute atomic E-state index is 0.756. The maximum Gasteiger partial charge on any atom is 0.401 e. The zero-order valence-corrected chi connectivity index (χ0v) is 5.53. The lowest BCUT2D eigenvalue weighted by molar-refractivity contribution is -0.192. The molecular weight excluding hydrogens is 149 g/mol. The molecule has 0 aliphatic carbocycles. The number of carbonyl (C=O) groups is 1. The molecule has 0 aliphatic rings. The number of hydrogen-bond donors (Lipinski definition) is 0. The first-order valence-corrected chi connectivity index (χ1v) is 2.54. The molecule has 0 amide bonds.